The number of thioether (sulfide) groups is 1. The predicted molar refractivity (Wildman–Crippen MR) is 76.7 cm³/mol. The molecular formula is C12H24N2O4S. The molecule has 0 aromatic carbocycles. The average Bonchev–Trinajstić information content (AvgIpc) is 2.19. The molecule has 0 aliphatic heterocycles. The van der Waals surface area contributed by atoms with Gasteiger partial charge in [-0.1, -0.05) is 0 Å². The summed E-state index contributed by atoms with van der Waals surface area (Å²) in [6, 6.07) is -0.929. The molecule has 1 amide bonds. The van der Waals surface area contributed by atoms with Crippen molar-refractivity contribution in [2.75, 3.05) is 32.1 Å². The molecule has 0 aliphatic carbocycles. The van der Waals surface area contributed by atoms with Crippen molar-refractivity contribution in [2.24, 2.45) is 0 Å². The van der Waals surface area contributed by atoms with E-state index in [0.29, 0.717) is 5.75 Å². The lowest BCUT2D eigenvalue weighted by Gasteiger charge is -2.22. The Bertz CT molecular complexity index is 303. The van der Waals surface area contributed by atoms with Crippen LogP contribution in [0.2, 0.25) is 0 Å². The molecular weight excluding hydrogens is 268 g/mol. The molecule has 0 aromatic heterocycles. The minimum Gasteiger partial charge on any atom is -0.480 e. The highest BCUT2D eigenvalue weighted by atomic mass is 32.2. The number of alkyl carbamates (subject to hydrolysis) is 1. The van der Waals surface area contributed by atoms with Gasteiger partial charge in [0.25, 0.3) is 0 Å². The van der Waals surface area contributed by atoms with E-state index in [2.05, 4.69) is 5.32 Å². The van der Waals surface area contributed by atoms with Gasteiger partial charge >= 0.3 is 12.1 Å². The topological polar surface area (TPSA) is 78.9 Å². The molecule has 112 valence electrons. The first kappa shape index (κ1) is 18.0. The first-order valence-electron chi connectivity index (χ1n) is 6.06. The van der Waals surface area contributed by atoms with Crippen LogP contribution in [0.4, 0.5) is 4.79 Å². The fraction of sp³-hybridized carbons (Fsp3) is 0.833. The predicted octanol–water partition coefficient (Wildman–Crippen LogP) is 1.26. The number of carboxylic acids is 1. The number of nitrogens with one attached hydrogen (secondary N) is 1. The van der Waals surface area contributed by atoms with Crippen molar-refractivity contribution in [1.82, 2.24) is 10.2 Å². The minimum absolute atomic E-state index is 0.322. The number of aliphatic carboxylic acids is 1. The van der Waals surface area contributed by atoms with Gasteiger partial charge in [-0.05, 0) is 34.9 Å². The second-order valence-electron chi connectivity index (χ2n) is 5.42. The fourth-order valence-electron chi connectivity index (χ4n) is 1.07. The Morgan fingerprint density at radius 2 is 1.95 bits per heavy atom. The smallest absolute Gasteiger partial charge is 0.408 e. The van der Waals surface area contributed by atoms with E-state index in [-0.39, 0.29) is 0 Å². The van der Waals surface area contributed by atoms with Crippen molar-refractivity contribution in [1.29, 1.82) is 0 Å². The van der Waals surface area contributed by atoms with Gasteiger partial charge in [-0.3, -0.25) is 0 Å². The van der Waals surface area contributed by atoms with E-state index >= 15 is 0 Å². The van der Waals surface area contributed by atoms with Gasteiger partial charge in [0.2, 0.25) is 0 Å². The van der Waals surface area contributed by atoms with E-state index in [9.17, 15) is 9.59 Å². The van der Waals surface area contributed by atoms with Crippen molar-refractivity contribution in [2.45, 2.75) is 32.4 Å². The molecule has 0 saturated carbocycles. The molecule has 0 spiro atoms. The number of hydrogen-bond donors (Lipinski definition) is 2. The highest BCUT2D eigenvalue weighted by Crippen LogP contribution is 2.08. The first-order valence-corrected chi connectivity index (χ1v) is 7.22. The largest absolute Gasteiger partial charge is 0.480 e. The van der Waals surface area contributed by atoms with E-state index in [1.807, 2.05) is 19.0 Å². The molecule has 6 nitrogen and oxygen atoms in total. The van der Waals surface area contributed by atoms with E-state index < -0.39 is 23.7 Å². The van der Waals surface area contributed by atoms with Crippen LogP contribution in [-0.2, 0) is 9.53 Å². The first-order chi connectivity index (χ1) is 8.61. The van der Waals surface area contributed by atoms with Crippen LogP contribution in [-0.4, -0.2) is 65.9 Å². The minimum atomic E-state index is -1.05. The molecule has 0 fully saturated rings. The summed E-state index contributed by atoms with van der Waals surface area (Å²) >= 11 is 1.49. The van der Waals surface area contributed by atoms with Crippen LogP contribution >= 0.6 is 11.8 Å². The Balaban J connectivity index is 4.12. The maximum atomic E-state index is 11.5. The monoisotopic (exact) mass is 292 g/mol. The van der Waals surface area contributed by atoms with Crippen LogP contribution in [0.1, 0.15) is 20.8 Å². The Morgan fingerprint density at radius 1 is 1.37 bits per heavy atom. The number of rotatable bonds is 7. The van der Waals surface area contributed by atoms with Crippen LogP contribution in [0.15, 0.2) is 0 Å². The third-order valence-electron chi connectivity index (χ3n) is 1.96. The highest BCUT2D eigenvalue weighted by Gasteiger charge is 2.23. The summed E-state index contributed by atoms with van der Waals surface area (Å²) in [6.07, 6.45) is -0.701. The summed E-state index contributed by atoms with van der Waals surface area (Å²) in [6.45, 7) is 6.06. The lowest BCUT2D eigenvalue weighted by molar-refractivity contribution is -0.138. The Hall–Kier alpha value is -0.950. The zero-order chi connectivity index (χ0) is 15.1. The number of carboxylic acid groups (broad SMARTS) is 1. The van der Waals surface area contributed by atoms with E-state index in [4.69, 9.17) is 9.84 Å². The van der Waals surface area contributed by atoms with Gasteiger partial charge in [0.05, 0.1) is 0 Å². The SMILES string of the molecule is CN(C)CCSCC(NC(=O)OC(C)(C)C)C(=O)O. The van der Waals surface area contributed by atoms with Crippen molar-refractivity contribution < 1.29 is 19.4 Å². The number of hydrogen-bond acceptors (Lipinski definition) is 5. The molecule has 0 aliphatic rings. The second-order valence-corrected chi connectivity index (χ2v) is 6.57. The Morgan fingerprint density at radius 3 is 2.37 bits per heavy atom. The van der Waals surface area contributed by atoms with Gasteiger partial charge in [-0.15, -0.1) is 0 Å². The van der Waals surface area contributed by atoms with Crippen LogP contribution in [0.3, 0.4) is 0 Å². The Labute approximate surface area is 118 Å². The molecule has 0 heterocycles. The van der Waals surface area contributed by atoms with E-state index in [1.165, 1.54) is 11.8 Å². The zero-order valence-electron chi connectivity index (χ0n) is 12.2. The third-order valence-corrected chi connectivity index (χ3v) is 3.00. The molecule has 0 radical (unpaired) electrons. The molecule has 0 bridgehead atoms. The van der Waals surface area contributed by atoms with E-state index in [1.54, 1.807) is 20.8 Å². The lowest BCUT2D eigenvalue weighted by Crippen LogP contribution is -2.45. The summed E-state index contributed by atoms with van der Waals surface area (Å²) < 4.78 is 5.03. The molecule has 0 rings (SSSR count). The molecule has 7 heteroatoms. The number of carbonyl (C=O) groups is 2. The van der Waals surface area contributed by atoms with Gasteiger partial charge in [0, 0.05) is 18.1 Å². The van der Waals surface area contributed by atoms with Gasteiger partial charge in [-0.25, -0.2) is 9.59 Å². The van der Waals surface area contributed by atoms with Crippen LogP contribution < -0.4 is 5.32 Å². The number of carbonyl (C=O) groups excluding carboxylic acids is 1. The summed E-state index contributed by atoms with van der Waals surface area (Å²) in [4.78, 5) is 24.6. The average molecular weight is 292 g/mol. The quantitative estimate of drug-likeness (QED) is 0.688. The van der Waals surface area contributed by atoms with Crippen LogP contribution in [0.5, 0.6) is 0 Å². The highest BCUT2D eigenvalue weighted by molar-refractivity contribution is 7.99. The van der Waals surface area contributed by atoms with Crippen molar-refractivity contribution in [3.05, 3.63) is 0 Å². The number of nitrogens with zero attached hydrogens (tertiary/aromatic N) is 1. The van der Waals surface area contributed by atoms with Crippen molar-refractivity contribution in [3.8, 4) is 0 Å². The molecule has 1 unspecified atom stereocenters. The number of amides is 1. The summed E-state index contributed by atoms with van der Waals surface area (Å²) in [5.74, 6) is 0.0815. The van der Waals surface area contributed by atoms with E-state index in [0.717, 1.165) is 12.3 Å². The van der Waals surface area contributed by atoms with Gasteiger partial charge in [0.15, 0.2) is 0 Å². The lowest BCUT2D eigenvalue weighted by atomic mass is 10.2. The zero-order valence-corrected chi connectivity index (χ0v) is 13.0. The molecule has 0 aromatic rings. The maximum Gasteiger partial charge on any atom is 0.408 e. The standard InChI is InChI=1S/C12H24N2O4S/c1-12(2,3)18-11(17)13-9(10(15)16)8-19-7-6-14(4)5/h9H,6-8H2,1-5H3,(H,13,17)(H,15,16). The Kier molecular flexibility index (Phi) is 7.85. The molecule has 0 saturated heterocycles. The summed E-state index contributed by atoms with van der Waals surface area (Å²) in [7, 11) is 3.91. The fourth-order valence-corrected chi connectivity index (χ4v) is 2.20. The van der Waals surface area contributed by atoms with Crippen molar-refractivity contribution >= 4 is 23.8 Å². The summed E-state index contributed by atoms with van der Waals surface area (Å²) in [5.41, 5.74) is -0.634. The number of ether oxygens (including phenoxy) is 1. The second kappa shape index (κ2) is 8.27. The van der Waals surface area contributed by atoms with Crippen molar-refractivity contribution in [3.63, 3.8) is 0 Å². The maximum absolute atomic E-state index is 11.5. The van der Waals surface area contributed by atoms with Crippen LogP contribution in [0.25, 0.3) is 0 Å². The summed E-state index contributed by atoms with van der Waals surface area (Å²) in [5, 5.41) is 11.4. The normalized spacial score (nSPS) is 13.2. The molecule has 2 N–H and O–H groups in total. The molecule has 1 atom stereocenters. The van der Waals surface area contributed by atoms with Gasteiger partial charge in [-0.2, -0.15) is 11.8 Å². The third kappa shape index (κ3) is 10.6. The van der Waals surface area contributed by atoms with Gasteiger partial charge in [0.1, 0.15) is 11.6 Å². The van der Waals surface area contributed by atoms with Gasteiger partial charge < -0.3 is 20.1 Å². The van der Waals surface area contributed by atoms with Crippen LogP contribution in [0, 0.1) is 0 Å². The molecule has 19 heavy (non-hydrogen) atoms.